The summed E-state index contributed by atoms with van der Waals surface area (Å²) in [4.78, 5) is 3.95. The van der Waals surface area contributed by atoms with Gasteiger partial charge in [0.2, 0.25) is 0 Å². The lowest BCUT2D eigenvalue weighted by atomic mass is 9.86. The molecule has 0 amide bonds. The van der Waals surface area contributed by atoms with Crippen LogP contribution < -0.4 is 5.73 Å². The fourth-order valence-electron chi connectivity index (χ4n) is 1.58. The highest BCUT2D eigenvalue weighted by molar-refractivity contribution is 5.31. The average Bonchev–Trinajstić information content (AvgIpc) is 2.16. The molecule has 1 aromatic heterocycles. The van der Waals surface area contributed by atoms with E-state index in [1.54, 1.807) is 6.20 Å². The van der Waals surface area contributed by atoms with Gasteiger partial charge in [0.15, 0.2) is 0 Å². The van der Waals surface area contributed by atoms with E-state index in [0.717, 1.165) is 19.3 Å². The van der Waals surface area contributed by atoms with Crippen molar-refractivity contribution >= 4 is 5.82 Å². The Morgan fingerprint density at radius 2 is 2.12 bits per heavy atom. The van der Waals surface area contributed by atoms with Gasteiger partial charge in [0.05, 0.1) is 6.10 Å². The molecule has 0 bridgehead atoms. The number of nitrogens with zero attached hydrogens (tertiary/aromatic N) is 1. The predicted octanol–water partition coefficient (Wildman–Crippen LogP) is 2.39. The molecule has 0 fully saturated rings. The second-order valence-corrected chi connectivity index (χ2v) is 5.36. The van der Waals surface area contributed by atoms with Crippen LogP contribution in [-0.2, 0) is 6.42 Å². The summed E-state index contributed by atoms with van der Waals surface area (Å²) in [6, 6.07) is 3.86. The molecule has 1 heterocycles. The van der Waals surface area contributed by atoms with E-state index in [9.17, 15) is 5.11 Å². The third kappa shape index (κ3) is 4.19. The zero-order valence-electron chi connectivity index (χ0n) is 10.4. The van der Waals surface area contributed by atoms with Gasteiger partial charge in [-0.1, -0.05) is 20.8 Å². The molecule has 16 heavy (non-hydrogen) atoms. The van der Waals surface area contributed by atoms with Gasteiger partial charge < -0.3 is 10.8 Å². The summed E-state index contributed by atoms with van der Waals surface area (Å²) in [6.07, 6.45) is 4.23. The summed E-state index contributed by atoms with van der Waals surface area (Å²) < 4.78 is 0. The summed E-state index contributed by atoms with van der Waals surface area (Å²) in [6.45, 7) is 6.17. The Morgan fingerprint density at radius 3 is 2.69 bits per heavy atom. The maximum Gasteiger partial charge on any atom is 0.123 e. The van der Waals surface area contributed by atoms with E-state index in [-0.39, 0.29) is 11.5 Å². The number of aromatic nitrogens is 1. The first-order chi connectivity index (χ1) is 7.39. The van der Waals surface area contributed by atoms with Crippen molar-refractivity contribution in [1.29, 1.82) is 0 Å². The lowest BCUT2D eigenvalue weighted by Crippen LogP contribution is -2.25. The SMILES string of the molecule is CC(C)(C)C(O)CCCc1ccnc(N)c1. The fraction of sp³-hybridized carbons (Fsp3) is 0.615. The van der Waals surface area contributed by atoms with Crippen molar-refractivity contribution in [3.63, 3.8) is 0 Å². The molecule has 0 aliphatic carbocycles. The van der Waals surface area contributed by atoms with E-state index in [2.05, 4.69) is 25.8 Å². The molecule has 0 saturated carbocycles. The highest BCUT2D eigenvalue weighted by atomic mass is 16.3. The first kappa shape index (κ1) is 13.0. The van der Waals surface area contributed by atoms with E-state index in [1.165, 1.54) is 5.56 Å². The number of nitrogens with two attached hydrogens (primary N) is 1. The smallest absolute Gasteiger partial charge is 0.123 e. The van der Waals surface area contributed by atoms with E-state index >= 15 is 0 Å². The van der Waals surface area contributed by atoms with Gasteiger partial charge in [0.1, 0.15) is 5.82 Å². The summed E-state index contributed by atoms with van der Waals surface area (Å²) in [5.41, 5.74) is 6.76. The predicted molar refractivity (Wildman–Crippen MR) is 67.0 cm³/mol. The van der Waals surface area contributed by atoms with Gasteiger partial charge in [0.25, 0.3) is 0 Å². The van der Waals surface area contributed by atoms with Crippen LogP contribution in [0.4, 0.5) is 5.82 Å². The van der Waals surface area contributed by atoms with Crippen LogP contribution in [0.15, 0.2) is 18.3 Å². The highest BCUT2D eigenvalue weighted by Crippen LogP contribution is 2.23. The molecule has 0 aromatic carbocycles. The van der Waals surface area contributed by atoms with Crippen LogP contribution in [0.5, 0.6) is 0 Å². The van der Waals surface area contributed by atoms with Crippen LogP contribution in [0.2, 0.25) is 0 Å². The third-order valence-electron chi connectivity index (χ3n) is 2.79. The van der Waals surface area contributed by atoms with Gasteiger partial charge in [0, 0.05) is 6.20 Å². The van der Waals surface area contributed by atoms with E-state index in [0.29, 0.717) is 5.82 Å². The maximum absolute atomic E-state index is 9.88. The molecule has 3 N–H and O–H groups in total. The molecule has 3 nitrogen and oxygen atoms in total. The number of nitrogen functional groups attached to an aromatic ring is 1. The summed E-state index contributed by atoms with van der Waals surface area (Å²) in [7, 11) is 0. The number of anilines is 1. The molecule has 1 atom stereocenters. The monoisotopic (exact) mass is 222 g/mol. The number of hydrogen-bond acceptors (Lipinski definition) is 3. The van der Waals surface area contributed by atoms with E-state index < -0.39 is 0 Å². The molecule has 1 unspecified atom stereocenters. The van der Waals surface area contributed by atoms with Crippen molar-refractivity contribution in [3.05, 3.63) is 23.9 Å². The molecule has 1 aromatic rings. The molecule has 0 radical (unpaired) electrons. The lowest BCUT2D eigenvalue weighted by Gasteiger charge is -2.25. The molecule has 0 aliphatic heterocycles. The summed E-state index contributed by atoms with van der Waals surface area (Å²) >= 11 is 0. The first-order valence-electron chi connectivity index (χ1n) is 5.78. The Balaban J connectivity index is 2.36. The Hall–Kier alpha value is -1.09. The van der Waals surface area contributed by atoms with Crippen LogP contribution in [0.25, 0.3) is 0 Å². The largest absolute Gasteiger partial charge is 0.393 e. The Labute approximate surface area is 97.7 Å². The number of aryl methyl sites for hydroxylation is 1. The van der Waals surface area contributed by atoms with Crippen LogP contribution in [-0.4, -0.2) is 16.2 Å². The van der Waals surface area contributed by atoms with Gasteiger partial charge in [-0.05, 0) is 42.4 Å². The highest BCUT2D eigenvalue weighted by Gasteiger charge is 2.21. The number of aliphatic hydroxyl groups is 1. The topological polar surface area (TPSA) is 59.1 Å². The van der Waals surface area contributed by atoms with Crippen molar-refractivity contribution in [2.24, 2.45) is 5.41 Å². The number of aliphatic hydroxyl groups excluding tert-OH is 1. The Morgan fingerprint density at radius 1 is 1.44 bits per heavy atom. The minimum atomic E-state index is -0.244. The molecule has 3 heteroatoms. The van der Waals surface area contributed by atoms with Gasteiger partial charge >= 0.3 is 0 Å². The van der Waals surface area contributed by atoms with Crippen LogP contribution in [0, 0.1) is 5.41 Å². The standard InChI is InChI=1S/C13H22N2O/c1-13(2,3)11(16)6-4-5-10-7-8-15-12(14)9-10/h7-9,11,16H,4-6H2,1-3H3,(H2,14,15). The van der Waals surface area contributed by atoms with Crippen LogP contribution in [0.3, 0.4) is 0 Å². The van der Waals surface area contributed by atoms with Gasteiger partial charge in [-0.3, -0.25) is 0 Å². The molecular formula is C13H22N2O. The minimum Gasteiger partial charge on any atom is -0.393 e. The fourth-order valence-corrected chi connectivity index (χ4v) is 1.58. The molecule has 1 rings (SSSR count). The summed E-state index contributed by atoms with van der Waals surface area (Å²) in [5.74, 6) is 0.564. The van der Waals surface area contributed by atoms with E-state index in [4.69, 9.17) is 5.73 Å². The van der Waals surface area contributed by atoms with Crippen LogP contribution >= 0.6 is 0 Å². The van der Waals surface area contributed by atoms with Crippen molar-refractivity contribution < 1.29 is 5.11 Å². The van der Waals surface area contributed by atoms with Crippen molar-refractivity contribution in [2.45, 2.75) is 46.1 Å². The lowest BCUT2D eigenvalue weighted by molar-refractivity contribution is 0.0540. The maximum atomic E-state index is 9.88. The third-order valence-corrected chi connectivity index (χ3v) is 2.79. The number of rotatable bonds is 4. The zero-order chi connectivity index (χ0) is 12.2. The number of hydrogen-bond donors (Lipinski definition) is 2. The summed E-state index contributed by atoms with van der Waals surface area (Å²) in [5, 5.41) is 9.88. The van der Waals surface area contributed by atoms with Crippen molar-refractivity contribution in [1.82, 2.24) is 4.98 Å². The van der Waals surface area contributed by atoms with Gasteiger partial charge in [-0.2, -0.15) is 0 Å². The van der Waals surface area contributed by atoms with Gasteiger partial charge in [-0.15, -0.1) is 0 Å². The second-order valence-electron chi connectivity index (χ2n) is 5.36. The van der Waals surface area contributed by atoms with Crippen molar-refractivity contribution in [2.75, 3.05) is 5.73 Å². The Bertz CT molecular complexity index is 331. The quantitative estimate of drug-likeness (QED) is 0.822. The van der Waals surface area contributed by atoms with Crippen molar-refractivity contribution in [3.8, 4) is 0 Å². The zero-order valence-corrected chi connectivity index (χ0v) is 10.4. The molecule has 0 spiro atoms. The minimum absolute atomic E-state index is 0.0305. The molecule has 90 valence electrons. The average molecular weight is 222 g/mol. The second kappa shape index (κ2) is 5.30. The molecular weight excluding hydrogens is 200 g/mol. The first-order valence-corrected chi connectivity index (χ1v) is 5.78. The molecule has 0 aliphatic rings. The normalized spacial score (nSPS) is 13.8. The van der Waals surface area contributed by atoms with Crippen LogP contribution in [0.1, 0.15) is 39.2 Å². The van der Waals surface area contributed by atoms with Gasteiger partial charge in [-0.25, -0.2) is 4.98 Å². The Kier molecular flexibility index (Phi) is 4.30. The van der Waals surface area contributed by atoms with E-state index in [1.807, 2.05) is 12.1 Å². The molecule has 0 saturated heterocycles. The number of pyridine rings is 1.